The Balaban J connectivity index is 2.49. The molecule has 0 fully saturated rings. The van der Waals surface area contributed by atoms with Gasteiger partial charge in [0.05, 0.1) is 0 Å². The fraction of sp³-hybridized carbons (Fsp3) is 0. The van der Waals surface area contributed by atoms with Crippen LogP contribution in [-0.4, -0.2) is 16.1 Å². The average Bonchev–Trinajstić information content (AvgIpc) is 2.35. The lowest BCUT2D eigenvalue weighted by Crippen LogP contribution is -2.49. The van der Waals surface area contributed by atoms with Gasteiger partial charge < -0.3 is 5.73 Å². The second kappa shape index (κ2) is 7.67. The molecule has 0 unspecified atom stereocenters. The first-order valence-electron chi connectivity index (χ1n) is 5.08. The maximum Gasteiger partial charge on any atom is 0.250 e. The molecular weight excluding hydrogens is 304 g/mol. The van der Waals surface area contributed by atoms with Gasteiger partial charge in [-0.2, -0.15) is 0 Å². The lowest BCUT2D eigenvalue weighted by molar-refractivity contribution is -0.115. The van der Waals surface area contributed by atoms with Crippen LogP contribution in [0.4, 0.5) is 0 Å². The number of carbonyl (C=O) groups is 1. The number of hydrogen-bond acceptors (Lipinski definition) is 3. The maximum atomic E-state index is 11.5. The number of rotatable bonds is 2. The van der Waals surface area contributed by atoms with Crippen LogP contribution in [0.2, 0.25) is 5.02 Å². The van der Waals surface area contributed by atoms with Gasteiger partial charge in [-0.25, -0.2) is 0 Å². The molecule has 0 spiro atoms. The van der Waals surface area contributed by atoms with E-state index in [2.05, 4.69) is 28.4 Å². The molecule has 0 atom stereocenters. The van der Waals surface area contributed by atoms with E-state index in [1.165, 1.54) is 6.08 Å². The molecule has 1 aromatic rings. The molecule has 5 nitrogen and oxygen atoms in total. The Morgan fingerprint density at radius 1 is 1.26 bits per heavy atom. The number of amides is 1. The molecule has 0 heterocycles. The SMILES string of the molecule is NC(=S)NNC(=S)NC(=O)/C=C/c1ccccc1Cl. The van der Waals surface area contributed by atoms with Crippen molar-refractivity contribution in [1.82, 2.24) is 16.2 Å². The van der Waals surface area contributed by atoms with Crippen LogP contribution in [0.3, 0.4) is 0 Å². The van der Waals surface area contributed by atoms with Crippen LogP contribution in [-0.2, 0) is 4.79 Å². The summed E-state index contributed by atoms with van der Waals surface area (Å²) >= 11 is 15.3. The largest absolute Gasteiger partial charge is 0.375 e. The van der Waals surface area contributed by atoms with E-state index in [1.54, 1.807) is 24.3 Å². The van der Waals surface area contributed by atoms with Crippen LogP contribution in [0, 0.1) is 0 Å². The van der Waals surface area contributed by atoms with Gasteiger partial charge in [0.1, 0.15) is 0 Å². The van der Waals surface area contributed by atoms with Gasteiger partial charge in [-0.15, -0.1) is 0 Å². The number of carbonyl (C=O) groups excluding carboxylic acids is 1. The van der Waals surface area contributed by atoms with E-state index in [-0.39, 0.29) is 10.2 Å². The van der Waals surface area contributed by atoms with E-state index in [0.717, 1.165) is 5.56 Å². The summed E-state index contributed by atoms with van der Waals surface area (Å²) in [6.45, 7) is 0. The van der Waals surface area contributed by atoms with Gasteiger partial charge in [-0.1, -0.05) is 29.8 Å². The number of benzene rings is 1. The molecule has 0 aromatic heterocycles. The molecule has 1 amide bonds. The van der Waals surface area contributed by atoms with Crippen LogP contribution in [0.1, 0.15) is 5.56 Å². The summed E-state index contributed by atoms with van der Waals surface area (Å²) < 4.78 is 0. The predicted octanol–water partition coefficient (Wildman–Crippen LogP) is 1.09. The second-order valence-electron chi connectivity index (χ2n) is 3.29. The summed E-state index contributed by atoms with van der Waals surface area (Å²) in [6.07, 6.45) is 2.90. The zero-order valence-corrected chi connectivity index (χ0v) is 12.0. The summed E-state index contributed by atoms with van der Waals surface area (Å²) in [6, 6.07) is 7.15. The summed E-state index contributed by atoms with van der Waals surface area (Å²) in [5, 5.41) is 3.03. The quantitative estimate of drug-likeness (QED) is 0.372. The van der Waals surface area contributed by atoms with E-state index >= 15 is 0 Å². The molecule has 100 valence electrons. The second-order valence-corrected chi connectivity index (χ2v) is 4.54. The zero-order valence-electron chi connectivity index (χ0n) is 9.64. The Morgan fingerprint density at radius 3 is 2.58 bits per heavy atom. The summed E-state index contributed by atoms with van der Waals surface area (Å²) in [7, 11) is 0. The number of halogens is 1. The average molecular weight is 315 g/mol. The minimum absolute atomic E-state index is 0.0169. The fourth-order valence-electron chi connectivity index (χ4n) is 1.08. The van der Waals surface area contributed by atoms with Crippen molar-refractivity contribution < 1.29 is 4.79 Å². The van der Waals surface area contributed by atoms with E-state index in [1.807, 2.05) is 6.07 Å². The Hall–Kier alpha value is -1.70. The Bertz CT molecular complexity index is 533. The molecule has 0 saturated heterocycles. The molecule has 0 radical (unpaired) electrons. The van der Waals surface area contributed by atoms with Crippen molar-refractivity contribution in [1.29, 1.82) is 0 Å². The number of nitrogens with two attached hydrogens (primary N) is 1. The Kier molecular flexibility index (Phi) is 6.20. The fourth-order valence-corrected chi connectivity index (χ4v) is 1.48. The summed E-state index contributed by atoms with van der Waals surface area (Å²) in [5.74, 6) is -0.401. The van der Waals surface area contributed by atoms with Crippen molar-refractivity contribution in [2.45, 2.75) is 0 Å². The van der Waals surface area contributed by atoms with E-state index in [4.69, 9.17) is 29.6 Å². The standard InChI is InChI=1S/C11H11ClN4OS2/c12-8-4-2-1-3-7(8)5-6-9(17)14-11(19)16-15-10(13)18/h1-6H,(H3,13,15,18)(H2,14,16,17,19)/b6-5+. The monoisotopic (exact) mass is 314 g/mol. The molecule has 19 heavy (non-hydrogen) atoms. The molecule has 0 saturated carbocycles. The first kappa shape index (κ1) is 15.4. The van der Waals surface area contributed by atoms with Crippen LogP contribution in [0.15, 0.2) is 30.3 Å². The van der Waals surface area contributed by atoms with Crippen LogP contribution in [0.5, 0.6) is 0 Å². The van der Waals surface area contributed by atoms with Crippen LogP contribution in [0.25, 0.3) is 6.08 Å². The normalized spacial score (nSPS) is 9.95. The minimum atomic E-state index is -0.401. The third kappa shape index (κ3) is 6.14. The van der Waals surface area contributed by atoms with E-state index in [0.29, 0.717) is 5.02 Å². The van der Waals surface area contributed by atoms with Crippen LogP contribution >= 0.6 is 36.0 Å². The van der Waals surface area contributed by atoms with Crippen molar-refractivity contribution in [3.8, 4) is 0 Å². The number of hydrogen-bond donors (Lipinski definition) is 4. The van der Waals surface area contributed by atoms with Gasteiger partial charge in [0.15, 0.2) is 10.2 Å². The van der Waals surface area contributed by atoms with Gasteiger partial charge in [0, 0.05) is 11.1 Å². The topological polar surface area (TPSA) is 79.2 Å². The molecule has 0 bridgehead atoms. The summed E-state index contributed by atoms with van der Waals surface area (Å²) in [4.78, 5) is 11.5. The van der Waals surface area contributed by atoms with Gasteiger partial charge in [-0.05, 0) is 42.1 Å². The van der Waals surface area contributed by atoms with Crippen molar-refractivity contribution in [2.75, 3.05) is 0 Å². The third-order valence-electron chi connectivity index (χ3n) is 1.86. The minimum Gasteiger partial charge on any atom is -0.375 e. The van der Waals surface area contributed by atoms with Crippen LogP contribution < -0.4 is 21.9 Å². The van der Waals surface area contributed by atoms with Gasteiger partial charge >= 0.3 is 0 Å². The molecule has 0 aliphatic rings. The van der Waals surface area contributed by atoms with Crippen molar-refractivity contribution >= 4 is 58.2 Å². The molecule has 1 aromatic carbocycles. The first-order chi connectivity index (χ1) is 8.99. The lowest BCUT2D eigenvalue weighted by Gasteiger charge is -2.08. The van der Waals surface area contributed by atoms with Gasteiger partial charge in [0.2, 0.25) is 5.91 Å². The molecule has 1 rings (SSSR count). The smallest absolute Gasteiger partial charge is 0.250 e. The lowest BCUT2D eigenvalue weighted by atomic mass is 10.2. The molecule has 0 aliphatic carbocycles. The first-order valence-corrected chi connectivity index (χ1v) is 6.27. The Labute approximate surface area is 126 Å². The van der Waals surface area contributed by atoms with Gasteiger partial charge in [0.25, 0.3) is 0 Å². The molecule has 0 aliphatic heterocycles. The van der Waals surface area contributed by atoms with Gasteiger partial charge in [-0.3, -0.25) is 21.0 Å². The predicted molar refractivity (Wildman–Crippen MR) is 84.3 cm³/mol. The highest BCUT2D eigenvalue weighted by Crippen LogP contribution is 2.15. The van der Waals surface area contributed by atoms with Crippen molar-refractivity contribution in [2.24, 2.45) is 5.73 Å². The number of thiocarbonyl (C=S) groups is 2. The van der Waals surface area contributed by atoms with Crippen molar-refractivity contribution in [3.05, 3.63) is 40.9 Å². The highest BCUT2D eigenvalue weighted by atomic mass is 35.5. The number of nitrogens with one attached hydrogen (secondary N) is 3. The van der Waals surface area contributed by atoms with E-state index < -0.39 is 5.91 Å². The maximum absolute atomic E-state index is 11.5. The third-order valence-corrected chi connectivity index (χ3v) is 2.51. The molecule has 8 heteroatoms. The zero-order chi connectivity index (χ0) is 14.3. The molecular formula is C11H11ClN4OS2. The molecule has 5 N–H and O–H groups in total. The number of hydrazine groups is 1. The summed E-state index contributed by atoms with van der Waals surface area (Å²) in [5.41, 5.74) is 10.8. The van der Waals surface area contributed by atoms with Crippen molar-refractivity contribution in [3.63, 3.8) is 0 Å². The van der Waals surface area contributed by atoms with E-state index in [9.17, 15) is 4.79 Å². The Morgan fingerprint density at radius 2 is 1.95 bits per heavy atom. The highest BCUT2D eigenvalue weighted by Gasteiger charge is 2.01. The highest BCUT2D eigenvalue weighted by molar-refractivity contribution is 7.80.